The molecule has 0 spiro atoms. The third-order valence-corrected chi connectivity index (χ3v) is 3.23. The molecule has 5 heteroatoms. The molecule has 2 aromatic carbocycles. The molecule has 0 bridgehead atoms. The average Bonchev–Trinajstić information content (AvgIpc) is 2.59. The highest BCUT2D eigenvalue weighted by atomic mass is 16.5. The average molecular weight is 327 g/mol. The minimum absolute atomic E-state index is 0.0492. The van der Waals surface area contributed by atoms with Crippen molar-refractivity contribution in [3.63, 3.8) is 0 Å². The summed E-state index contributed by atoms with van der Waals surface area (Å²) in [5.74, 6) is 0.766. The van der Waals surface area contributed by atoms with Crippen molar-refractivity contribution in [3.8, 4) is 11.5 Å². The van der Waals surface area contributed by atoms with Crippen molar-refractivity contribution in [2.45, 2.75) is 20.3 Å². The summed E-state index contributed by atoms with van der Waals surface area (Å²) in [6, 6.07) is 14.0. The van der Waals surface area contributed by atoms with Crippen molar-refractivity contribution in [1.82, 2.24) is 0 Å². The molecule has 0 saturated heterocycles. The molecule has 24 heavy (non-hydrogen) atoms. The number of nitrogens with one attached hydrogen (secondary N) is 1. The normalized spacial score (nSPS) is 10.1. The summed E-state index contributed by atoms with van der Waals surface area (Å²) < 4.78 is 11.0. The predicted molar refractivity (Wildman–Crippen MR) is 92.8 cm³/mol. The van der Waals surface area contributed by atoms with Crippen LogP contribution in [0.2, 0.25) is 0 Å². The fraction of sp³-hybridized carbons (Fsp3) is 0.263. The van der Waals surface area contributed by atoms with E-state index in [1.165, 1.54) is 6.92 Å². The zero-order valence-corrected chi connectivity index (χ0v) is 13.9. The Labute approximate surface area is 141 Å². The van der Waals surface area contributed by atoms with Crippen LogP contribution in [0, 0.1) is 0 Å². The van der Waals surface area contributed by atoms with Crippen LogP contribution in [0.25, 0.3) is 0 Å². The Morgan fingerprint density at radius 1 is 1.04 bits per heavy atom. The summed E-state index contributed by atoms with van der Waals surface area (Å²) in [6.45, 7) is 3.94. The molecule has 0 radical (unpaired) electrons. The Hall–Kier alpha value is -2.82. The molecular weight excluding hydrogens is 306 g/mol. The molecule has 0 aliphatic carbocycles. The molecule has 1 amide bonds. The largest absolute Gasteiger partial charge is 0.491 e. The third-order valence-electron chi connectivity index (χ3n) is 3.23. The first-order valence-corrected chi connectivity index (χ1v) is 7.85. The monoisotopic (exact) mass is 327 g/mol. The van der Waals surface area contributed by atoms with Gasteiger partial charge >= 0.3 is 0 Å². The number of rotatable bonds is 8. The zero-order valence-electron chi connectivity index (χ0n) is 13.9. The number of carbonyl (C=O) groups is 2. The summed E-state index contributed by atoms with van der Waals surface area (Å²) in [6.07, 6.45) is 0.887. The van der Waals surface area contributed by atoms with Gasteiger partial charge in [-0.1, -0.05) is 31.2 Å². The van der Waals surface area contributed by atoms with Gasteiger partial charge in [-0.05, 0) is 37.6 Å². The number of carbonyl (C=O) groups excluding carboxylic acids is 2. The first-order valence-electron chi connectivity index (χ1n) is 7.85. The van der Waals surface area contributed by atoms with Gasteiger partial charge in [-0.15, -0.1) is 0 Å². The van der Waals surface area contributed by atoms with E-state index < -0.39 is 0 Å². The highest BCUT2D eigenvalue weighted by molar-refractivity contribution is 5.95. The fourth-order valence-corrected chi connectivity index (χ4v) is 2.05. The molecular formula is C19H21NO4. The summed E-state index contributed by atoms with van der Waals surface area (Å²) in [5, 5.41) is 2.77. The molecule has 0 aliphatic heterocycles. The molecule has 0 aliphatic rings. The molecule has 1 N–H and O–H groups in total. The first-order chi connectivity index (χ1) is 11.6. The minimum atomic E-state index is -0.296. The van der Waals surface area contributed by atoms with Gasteiger partial charge in [-0.3, -0.25) is 9.59 Å². The molecule has 0 heterocycles. The van der Waals surface area contributed by atoms with Crippen molar-refractivity contribution >= 4 is 17.4 Å². The number of hydrogen-bond acceptors (Lipinski definition) is 4. The number of amides is 1. The molecule has 2 aromatic rings. The van der Waals surface area contributed by atoms with E-state index in [2.05, 4.69) is 5.32 Å². The highest BCUT2D eigenvalue weighted by Gasteiger charge is 2.09. The number of Topliss-reactive ketones (excluding diaryl/α,β-unsaturated/α-hetero) is 1. The van der Waals surface area contributed by atoms with Crippen LogP contribution in [0.1, 0.15) is 30.6 Å². The van der Waals surface area contributed by atoms with E-state index in [-0.39, 0.29) is 18.3 Å². The molecule has 0 fully saturated rings. The van der Waals surface area contributed by atoms with Gasteiger partial charge in [0.05, 0.1) is 12.3 Å². The van der Waals surface area contributed by atoms with Gasteiger partial charge in [-0.25, -0.2) is 0 Å². The lowest BCUT2D eigenvalue weighted by atomic mass is 10.1. The summed E-state index contributed by atoms with van der Waals surface area (Å²) in [7, 11) is 0. The summed E-state index contributed by atoms with van der Waals surface area (Å²) in [5.41, 5.74) is 1.16. The Morgan fingerprint density at radius 2 is 1.83 bits per heavy atom. The minimum Gasteiger partial charge on any atom is -0.491 e. The van der Waals surface area contributed by atoms with Crippen molar-refractivity contribution in [2.24, 2.45) is 0 Å². The van der Waals surface area contributed by atoms with Crippen LogP contribution < -0.4 is 14.8 Å². The van der Waals surface area contributed by atoms with E-state index in [1.807, 2.05) is 25.1 Å². The lowest BCUT2D eigenvalue weighted by Gasteiger charge is -2.12. The second-order valence-corrected chi connectivity index (χ2v) is 5.27. The van der Waals surface area contributed by atoms with Crippen molar-refractivity contribution in [2.75, 3.05) is 18.5 Å². The molecule has 0 aromatic heterocycles. The summed E-state index contributed by atoms with van der Waals surface area (Å²) >= 11 is 0. The van der Waals surface area contributed by atoms with Crippen molar-refractivity contribution in [1.29, 1.82) is 0 Å². The van der Waals surface area contributed by atoms with E-state index in [0.717, 1.165) is 6.42 Å². The molecule has 5 nitrogen and oxygen atoms in total. The Balaban J connectivity index is 1.94. The van der Waals surface area contributed by atoms with Crippen molar-refractivity contribution < 1.29 is 19.1 Å². The van der Waals surface area contributed by atoms with Crippen LogP contribution in [0.3, 0.4) is 0 Å². The van der Waals surface area contributed by atoms with Gasteiger partial charge in [0.25, 0.3) is 5.91 Å². The van der Waals surface area contributed by atoms with Gasteiger partial charge in [0, 0.05) is 5.56 Å². The number of benzene rings is 2. The SMILES string of the molecule is CCCOc1ccccc1NC(=O)COc1cccc(C(C)=O)c1. The molecule has 0 saturated carbocycles. The third kappa shape index (κ3) is 5.12. The Morgan fingerprint density at radius 3 is 2.58 bits per heavy atom. The quantitative estimate of drug-likeness (QED) is 0.751. The number of para-hydroxylation sites is 2. The van der Waals surface area contributed by atoms with Gasteiger partial charge in [-0.2, -0.15) is 0 Å². The smallest absolute Gasteiger partial charge is 0.262 e. The maximum atomic E-state index is 12.1. The second kappa shape index (κ2) is 8.72. The van der Waals surface area contributed by atoms with E-state index in [9.17, 15) is 9.59 Å². The number of hydrogen-bond donors (Lipinski definition) is 1. The lowest BCUT2D eigenvalue weighted by molar-refractivity contribution is -0.118. The number of anilines is 1. The Kier molecular flexibility index (Phi) is 6.37. The molecule has 126 valence electrons. The van der Waals surface area contributed by atoms with Crippen molar-refractivity contribution in [3.05, 3.63) is 54.1 Å². The van der Waals surface area contributed by atoms with Crippen LogP contribution >= 0.6 is 0 Å². The highest BCUT2D eigenvalue weighted by Crippen LogP contribution is 2.24. The Bertz CT molecular complexity index is 712. The maximum Gasteiger partial charge on any atom is 0.262 e. The maximum absolute atomic E-state index is 12.1. The fourth-order valence-electron chi connectivity index (χ4n) is 2.05. The predicted octanol–water partition coefficient (Wildman–Crippen LogP) is 3.70. The van der Waals surface area contributed by atoms with Crippen LogP contribution in [-0.2, 0) is 4.79 Å². The van der Waals surface area contributed by atoms with Gasteiger partial charge in [0.15, 0.2) is 12.4 Å². The van der Waals surface area contributed by atoms with Crippen LogP contribution in [0.15, 0.2) is 48.5 Å². The first kappa shape index (κ1) is 17.5. The molecule has 0 unspecified atom stereocenters. The standard InChI is InChI=1S/C19H21NO4/c1-3-11-23-18-10-5-4-9-17(18)20-19(22)13-24-16-8-6-7-15(12-16)14(2)21/h4-10,12H,3,11,13H2,1-2H3,(H,20,22). The van der Waals surface area contributed by atoms with E-state index in [1.54, 1.807) is 30.3 Å². The van der Waals surface area contributed by atoms with Crippen LogP contribution in [0.5, 0.6) is 11.5 Å². The lowest BCUT2D eigenvalue weighted by Crippen LogP contribution is -2.20. The second-order valence-electron chi connectivity index (χ2n) is 5.27. The van der Waals surface area contributed by atoms with Gasteiger partial charge < -0.3 is 14.8 Å². The molecule has 2 rings (SSSR count). The van der Waals surface area contributed by atoms with Gasteiger partial charge in [0.1, 0.15) is 11.5 Å². The van der Waals surface area contributed by atoms with E-state index in [0.29, 0.717) is 29.4 Å². The van der Waals surface area contributed by atoms with E-state index in [4.69, 9.17) is 9.47 Å². The number of ketones is 1. The van der Waals surface area contributed by atoms with Crippen LogP contribution in [0.4, 0.5) is 5.69 Å². The molecule has 0 atom stereocenters. The topological polar surface area (TPSA) is 64.6 Å². The van der Waals surface area contributed by atoms with Crippen LogP contribution in [-0.4, -0.2) is 24.9 Å². The number of ether oxygens (including phenoxy) is 2. The van der Waals surface area contributed by atoms with E-state index >= 15 is 0 Å². The summed E-state index contributed by atoms with van der Waals surface area (Å²) in [4.78, 5) is 23.4. The van der Waals surface area contributed by atoms with Gasteiger partial charge in [0.2, 0.25) is 0 Å². The zero-order chi connectivity index (χ0) is 17.4.